The molecule has 11 heteroatoms. The smallest absolute Gasteiger partial charge is 0.419 e. The fourth-order valence-electron chi connectivity index (χ4n) is 5.07. The largest absolute Gasteiger partial charge is 0.495 e. The summed E-state index contributed by atoms with van der Waals surface area (Å²) in [5.74, 6) is 0.594. The number of likely N-dealkylation sites (N-methyl/N-ethyl adjacent to an activating group) is 1. The van der Waals surface area contributed by atoms with Gasteiger partial charge in [0.25, 0.3) is 0 Å². The number of hydrogen-bond donors (Lipinski definition) is 2. The number of para-hydroxylation sites is 1. The fraction of sp³-hybridized carbons (Fsp3) is 0.333. The number of nitrogen functional groups attached to an aromatic ring is 1. The minimum atomic E-state index is -4.64. The minimum absolute atomic E-state index is 0.0360. The van der Waals surface area contributed by atoms with Crippen LogP contribution in [-0.4, -0.2) is 59.8 Å². The number of nitrogens with zero attached hydrogens (tertiary/aromatic N) is 5. The van der Waals surface area contributed by atoms with Crippen LogP contribution in [0.5, 0.6) is 5.75 Å². The number of hydrogen-bond acceptors (Lipinski definition) is 7. The van der Waals surface area contributed by atoms with Crippen LogP contribution in [0.15, 0.2) is 48.8 Å². The third-order valence-electron chi connectivity index (χ3n) is 7.05. The van der Waals surface area contributed by atoms with Gasteiger partial charge in [-0.1, -0.05) is 12.1 Å². The molecule has 0 unspecified atom stereocenters. The van der Waals surface area contributed by atoms with Gasteiger partial charge >= 0.3 is 6.18 Å². The molecule has 1 atom stereocenters. The molecule has 3 N–H and O–H groups in total. The molecule has 0 saturated carbocycles. The van der Waals surface area contributed by atoms with Crippen LogP contribution < -0.4 is 20.7 Å². The van der Waals surface area contributed by atoms with E-state index in [9.17, 15) is 13.2 Å². The lowest BCUT2D eigenvalue weighted by molar-refractivity contribution is -0.137. The molecule has 0 radical (unpaired) electrons. The summed E-state index contributed by atoms with van der Waals surface area (Å²) in [5.41, 5.74) is 8.33. The number of fused-ring (bicyclic) bond motifs is 1. The van der Waals surface area contributed by atoms with Crippen molar-refractivity contribution in [2.24, 2.45) is 7.05 Å². The van der Waals surface area contributed by atoms with Gasteiger partial charge in [-0.2, -0.15) is 13.2 Å². The molecule has 3 heterocycles. The summed E-state index contributed by atoms with van der Waals surface area (Å²) in [5, 5.41) is 3.62. The first-order chi connectivity index (χ1) is 18.1. The molecule has 0 aliphatic carbocycles. The Bertz CT molecular complexity index is 1480. The normalized spacial score (nSPS) is 16.0. The van der Waals surface area contributed by atoms with Crippen LogP contribution in [0, 0.1) is 0 Å². The van der Waals surface area contributed by atoms with Crippen molar-refractivity contribution >= 4 is 33.9 Å². The van der Waals surface area contributed by atoms with Gasteiger partial charge < -0.3 is 30.2 Å². The lowest BCUT2D eigenvalue weighted by Crippen LogP contribution is -2.31. The van der Waals surface area contributed by atoms with Crippen LogP contribution in [0.1, 0.15) is 12.0 Å². The monoisotopic (exact) mass is 525 g/mol. The van der Waals surface area contributed by atoms with Crippen molar-refractivity contribution in [3.63, 3.8) is 0 Å². The second kappa shape index (κ2) is 9.71. The molecule has 200 valence electrons. The van der Waals surface area contributed by atoms with Crippen LogP contribution in [0.3, 0.4) is 0 Å². The fourth-order valence-corrected chi connectivity index (χ4v) is 5.07. The lowest BCUT2D eigenvalue weighted by Gasteiger charge is -2.23. The molecule has 0 spiro atoms. The van der Waals surface area contributed by atoms with Gasteiger partial charge in [0.1, 0.15) is 11.3 Å². The molecular formula is C27H30F3N7O. The van der Waals surface area contributed by atoms with Crippen LogP contribution in [0.4, 0.5) is 36.2 Å². The van der Waals surface area contributed by atoms with Gasteiger partial charge in [0.05, 0.1) is 29.7 Å². The molecule has 4 aromatic rings. The predicted molar refractivity (Wildman–Crippen MR) is 144 cm³/mol. The number of aryl methyl sites for hydroxylation is 1. The number of halogens is 3. The zero-order valence-corrected chi connectivity index (χ0v) is 21.7. The first kappa shape index (κ1) is 25.7. The van der Waals surface area contributed by atoms with Crippen molar-refractivity contribution in [3.8, 4) is 17.0 Å². The summed E-state index contributed by atoms with van der Waals surface area (Å²) < 4.78 is 49.2. The van der Waals surface area contributed by atoms with E-state index in [1.54, 1.807) is 42.1 Å². The number of alkyl halides is 3. The number of nitrogens with one attached hydrogen (secondary N) is 1. The molecule has 1 saturated heterocycles. The van der Waals surface area contributed by atoms with Crippen molar-refractivity contribution in [3.05, 3.63) is 54.4 Å². The zero-order chi connectivity index (χ0) is 27.2. The summed E-state index contributed by atoms with van der Waals surface area (Å²) in [6.07, 6.45) is -1.15. The molecule has 1 fully saturated rings. The van der Waals surface area contributed by atoms with E-state index < -0.39 is 11.7 Å². The van der Waals surface area contributed by atoms with E-state index in [4.69, 9.17) is 10.5 Å². The van der Waals surface area contributed by atoms with Gasteiger partial charge in [-0.15, -0.1) is 0 Å². The standard InChI is InChI=1S/C27H30F3N7O/c1-35(2)17-10-11-37(14-17)22-9-8-16(12-21(22)31)33-26-32-13-20(27(28,29)30)24(34-26)19-15-36(3)25-18(19)6-5-7-23(25)38-4/h5-9,12-13,15,17H,10-11,14,31H2,1-4H3,(H,32,33,34)/t17-/m0/s1. The second-order valence-electron chi connectivity index (χ2n) is 9.71. The van der Waals surface area contributed by atoms with Gasteiger partial charge in [-0.25, -0.2) is 9.97 Å². The SMILES string of the molecule is COc1cccc2c(-c3nc(Nc4ccc(N5CC[C@H](N(C)C)C5)c(N)c4)ncc3C(F)(F)F)cn(C)c12. The van der Waals surface area contributed by atoms with Gasteiger partial charge in [-0.05, 0) is 44.8 Å². The second-order valence-corrected chi connectivity index (χ2v) is 9.71. The van der Waals surface area contributed by atoms with E-state index in [1.807, 2.05) is 12.1 Å². The Balaban J connectivity index is 1.50. The number of aromatic nitrogens is 3. The average Bonchev–Trinajstić information content (AvgIpc) is 3.49. The Labute approximate surface area is 218 Å². The van der Waals surface area contributed by atoms with Crippen molar-refractivity contribution in [2.45, 2.75) is 18.6 Å². The number of benzene rings is 2. The Morgan fingerprint density at radius 2 is 1.97 bits per heavy atom. The highest BCUT2D eigenvalue weighted by atomic mass is 19.4. The van der Waals surface area contributed by atoms with E-state index in [-0.39, 0.29) is 11.6 Å². The summed E-state index contributed by atoms with van der Waals surface area (Å²) in [6, 6.07) is 11.2. The topological polar surface area (TPSA) is 84.5 Å². The Morgan fingerprint density at radius 1 is 1.18 bits per heavy atom. The molecule has 38 heavy (non-hydrogen) atoms. The first-order valence-electron chi connectivity index (χ1n) is 12.2. The number of rotatable bonds is 6. The van der Waals surface area contributed by atoms with Crippen LogP contribution >= 0.6 is 0 Å². The van der Waals surface area contributed by atoms with Gasteiger partial charge in [0.2, 0.25) is 5.95 Å². The summed E-state index contributed by atoms with van der Waals surface area (Å²) in [4.78, 5) is 12.8. The molecule has 1 aliphatic rings. The molecular weight excluding hydrogens is 495 g/mol. The van der Waals surface area contributed by atoms with Crippen LogP contribution in [0.25, 0.3) is 22.2 Å². The summed E-state index contributed by atoms with van der Waals surface area (Å²) in [6.45, 7) is 1.78. The quantitative estimate of drug-likeness (QED) is 0.338. The predicted octanol–water partition coefficient (Wildman–Crippen LogP) is 5.13. The minimum Gasteiger partial charge on any atom is -0.495 e. The summed E-state index contributed by atoms with van der Waals surface area (Å²) >= 11 is 0. The van der Waals surface area contributed by atoms with Gasteiger partial charge in [-0.3, -0.25) is 0 Å². The third kappa shape index (κ3) is 4.69. The number of ether oxygens (including phenoxy) is 1. The molecule has 8 nitrogen and oxygen atoms in total. The Hall–Kier alpha value is -3.99. The van der Waals surface area contributed by atoms with E-state index in [0.717, 1.165) is 31.4 Å². The maximum absolute atomic E-state index is 14.0. The number of anilines is 4. The van der Waals surface area contributed by atoms with E-state index >= 15 is 0 Å². The summed E-state index contributed by atoms with van der Waals surface area (Å²) in [7, 11) is 7.42. The van der Waals surface area contributed by atoms with Crippen molar-refractivity contribution in [1.29, 1.82) is 0 Å². The van der Waals surface area contributed by atoms with Gasteiger partial charge in [0, 0.05) is 55.2 Å². The van der Waals surface area contributed by atoms with E-state index in [2.05, 4.69) is 39.2 Å². The Kier molecular flexibility index (Phi) is 6.56. The number of methoxy groups -OCH3 is 1. The maximum atomic E-state index is 14.0. The average molecular weight is 526 g/mol. The van der Waals surface area contributed by atoms with Crippen molar-refractivity contribution in [2.75, 3.05) is 50.2 Å². The molecule has 0 bridgehead atoms. The Morgan fingerprint density at radius 3 is 2.63 bits per heavy atom. The van der Waals surface area contributed by atoms with Crippen molar-refractivity contribution in [1.82, 2.24) is 19.4 Å². The molecule has 5 rings (SSSR count). The van der Waals surface area contributed by atoms with Crippen molar-refractivity contribution < 1.29 is 17.9 Å². The molecule has 1 aliphatic heterocycles. The molecule has 2 aromatic heterocycles. The highest BCUT2D eigenvalue weighted by Crippen LogP contribution is 2.41. The van der Waals surface area contributed by atoms with Crippen LogP contribution in [0.2, 0.25) is 0 Å². The third-order valence-corrected chi connectivity index (χ3v) is 7.05. The number of nitrogens with two attached hydrogens (primary N) is 1. The molecule has 2 aromatic carbocycles. The van der Waals surface area contributed by atoms with Crippen LogP contribution in [-0.2, 0) is 13.2 Å². The molecule has 0 amide bonds. The highest BCUT2D eigenvalue weighted by Gasteiger charge is 2.36. The van der Waals surface area contributed by atoms with Gasteiger partial charge in [0.15, 0.2) is 0 Å². The first-order valence-corrected chi connectivity index (χ1v) is 12.2. The highest BCUT2D eigenvalue weighted by molar-refractivity contribution is 5.99. The zero-order valence-electron chi connectivity index (χ0n) is 21.7. The van der Waals surface area contributed by atoms with E-state index in [1.165, 1.54) is 7.11 Å². The lowest BCUT2D eigenvalue weighted by atomic mass is 10.1. The van der Waals surface area contributed by atoms with E-state index in [0.29, 0.717) is 39.6 Å². The maximum Gasteiger partial charge on any atom is 0.419 e.